The van der Waals surface area contributed by atoms with Gasteiger partial charge in [-0.2, -0.15) is 0 Å². The Morgan fingerprint density at radius 2 is 2.00 bits per heavy atom. The average molecular weight is 330 g/mol. The minimum absolute atomic E-state index is 0.212. The van der Waals surface area contributed by atoms with Crippen LogP contribution in [-0.2, 0) is 7.05 Å². The summed E-state index contributed by atoms with van der Waals surface area (Å²) in [6.07, 6.45) is 3.85. The maximum atomic E-state index is 12.7. The average Bonchev–Trinajstić information content (AvgIpc) is 2.54. The first-order valence-corrected chi connectivity index (χ1v) is 8.26. The maximum absolute atomic E-state index is 12.7. The van der Waals surface area contributed by atoms with Crippen LogP contribution in [-0.4, -0.2) is 17.8 Å². The molecule has 0 radical (unpaired) electrons. The van der Waals surface area contributed by atoms with Gasteiger partial charge < -0.3 is 19.8 Å². The van der Waals surface area contributed by atoms with E-state index in [2.05, 4.69) is 6.92 Å². The van der Waals surface area contributed by atoms with Crippen LogP contribution in [0.2, 0.25) is 0 Å². The van der Waals surface area contributed by atoms with Gasteiger partial charge in [-0.1, -0.05) is 18.9 Å². The van der Waals surface area contributed by atoms with Crippen molar-refractivity contribution in [1.29, 1.82) is 0 Å². The number of allylic oxidation sites excluding steroid dienone is 1. The molecule has 130 valence electrons. The molecule has 0 saturated carbocycles. The zero-order valence-corrected chi connectivity index (χ0v) is 14.9. The highest BCUT2D eigenvalue weighted by atomic mass is 16.5. The Hall–Kier alpha value is -2.43. The molecule has 1 aromatic carbocycles. The third-order valence-corrected chi connectivity index (χ3v) is 3.80. The van der Waals surface area contributed by atoms with Crippen molar-refractivity contribution in [2.75, 3.05) is 18.9 Å². The van der Waals surface area contributed by atoms with Gasteiger partial charge in [-0.15, -0.1) is 0 Å². The predicted molar refractivity (Wildman–Crippen MR) is 98.9 cm³/mol. The number of hydrogen-bond acceptors (Lipinski definition) is 4. The summed E-state index contributed by atoms with van der Waals surface area (Å²) in [5, 5.41) is 0.819. The van der Waals surface area contributed by atoms with E-state index >= 15 is 0 Å². The topological polar surface area (TPSA) is 66.5 Å². The van der Waals surface area contributed by atoms with Gasteiger partial charge in [0.1, 0.15) is 6.61 Å². The fraction of sp³-hybridized carbons (Fsp3) is 0.421. The highest BCUT2D eigenvalue weighted by Gasteiger charge is 2.18. The lowest BCUT2D eigenvalue weighted by atomic mass is 10.1. The molecule has 0 saturated heterocycles. The summed E-state index contributed by atoms with van der Waals surface area (Å²) in [6.45, 7) is 6.97. The number of nitrogens with two attached hydrogens (primary N) is 1. The molecular weight excluding hydrogens is 304 g/mol. The SMILES string of the molecule is CCCCOc1c(OCC=C(C)C)c2ccc(N)cc2n(C)c1=O. The fourth-order valence-electron chi connectivity index (χ4n) is 2.38. The molecule has 0 fully saturated rings. The first-order valence-electron chi connectivity index (χ1n) is 8.26. The van der Waals surface area contributed by atoms with E-state index in [-0.39, 0.29) is 11.3 Å². The number of hydrogen-bond donors (Lipinski definition) is 1. The summed E-state index contributed by atoms with van der Waals surface area (Å²) in [4.78, 5) is 12.7. The number of ether oxygens (including phenoxy) is 2. The van der Waals surface area contributed by atoms with Gasteiger partial charge in [0, 0.05) is 18.1 Å². The number of anilines is 1. The van der Waals surface area contributed by atoms with Gasteiger partial charge in [0.2, 0.25) is 5.75 Å². The van der Waals surface area contributed by atoms with Gasteiger partial charge in [-0.25, -0.2) is 0 Å². The minimum Gasteiger partial charge on any atom is -0.485 e. The van der Waals surface area contributed by atoms with E-state index in [0.717, 1.165) is 29.3 Å². The van der Waals surface area contributed by atoms with Crippen LogP contribution in [0.5, 0.6) is 11.5 Å². The molecule has 0 aliphatic heterocycles. The van der Waals surface area contributed by atoms with Gasteiger partial charge in [-0.3, -0.25) is 4.79 Å². The van der Waals surface area contributed by atoms with Crippen LogP contribution in [0, 0.1) is 0 Å². The number of benzene rings is 1. The van der Waals surface area contributed by atoms with Crippen LogP contribution in [0.15, 0.2) is 34.6 Å². The Balaban J connectivity index is 2.58. The second kappa shape index (κ2) is 7.90. The normalized spacial score (nSPS) is 10.7. The first kappa shape index (κ1) is 17.9. The van der Waals surface area contributed by atoms with Gasteiger partial charge in [0.05, 0.1) is 12.1 Å². The van der Waals surface area contributed by atoms with E-state index in [0.29, 0.717) is 24.7 Å². The lowest BCUT2D eigenvalue weighted by Crippen LogP contribution is -2.21. The molecule has 0 spiro atoms. The van der Waals surface area contributed by atoms with E-state index in [1.54, 1.807) is 23.7 Å². The van der Waals surface area contributed by atoms with Crippen LogP contribution >= 0.6 is 0 Å². The summed E-state index contributed by atoms with van der Waals surface area (Å²) in [7, 11) is 1.72. The van der Waals surface area contributed by atoms with Crippen molar-refractivity contribution >= 4 is 16.6 Å². The smallest absolute Gasteiger partial charge is 0.297 e. The standard InChI is InChI=1S/C19H26N2O3/c1-5-6-10-23-18-17(24-11-9-13(2)3)15-8-7-14(20)12-16(15)21(4)19(18)22/h7-9,12H,5-6,10-11,20H2,1-4H3. The van der Waals surface area contributed by atoms with Crippen LogP contribution in [0.1, 0.15) is 33.6 Å². The van der Waals surface area contributed by atoms with Crippen molar-refractivity contribution < 1.29 is 9.47 Å². The van der Waals surface area contributed by atoms with Crippen molar-refractivity contribution in [1.82, 2.24) is 4.57 Å². The van der Waals surface area contributed by atoms with E-state index in [9.17, 15) is 4.79 Å². The molecule has 1 aromatic heterocycles. The molecule has 2 rings (SSSR count). The molecule has 2 N–H and O–H groups in total. The largest absolute Gasteiger partial charge is 0.485 e. The number of fused-ring (bicyclic) bond motifs is 1. The first-order chi connectivity index (χ1) is 11.5. The van der Waals surface area contributed by atoms with Crippen molar-refractivity contribution in [3.63, 3.8) is 0 Å². The quantitative estimate of drug-likeness (QED) is 0.478. The molecular formula is C19H26N2O3. The van der Waals surface area contributed by atoms with Crippen molar-refractivity contribution in [3.8, 4) is 11.5 Å². The van der Waals surface area contributed by atoms with Gasteiger partial charge in [0.25, 0.3) is 5.56 Å². The minimum atomic E-state index is -0.212. The van der Waals surface area contributed by atoms with E-state index < -0.39 is 0 Å². The molecule has 0 atom stereocenters. The summed E-state index contributed by atoms with van der Waals surface area (Å²) in [5.41, 5.74) is 8.15. The molecule has 5 heteroatoms. The van der Waals surface area contributed by atoms with Crippen LogP contribution < -0.4 is 20.8 Å². The number of aromatic nitrogens is 1. The molecule has 0 amide bonds. The van der Waals surface area contributed by atoms with E-state index in [1.807, 2.05) is 26.0 Å². The van der Waals surface area contributed by atoms with Gasteiger partial charge in [0.15, 0.2) is 5.75 Å². The third kappa shape index (κ3) is 3.91. The number of rotatable bonds is 7. The molecule has 0 bridgehead atoms. The number of unbranched alkanes of at least 4 members (excludes halogenated alkanes) is 1. The second-order valence-electron chi connectivity index (χ2n) is 6.09. The Labute approximate surface area is 142 Å². The number of nitrogens with zero attached hydrogens (tertiary/aromatic N) is 1. The Morgan fingerprint density at radius 1 is 1.25 bits per heavy atom. The lowest BCUT2D eigenvalue weighted by molar-refractivity contribution is 0.275. The maximum Gasteiger partial charge on any atom is 0.297 e. The molecule has 0 unspecified atom stereocenters. The highest BCUT2D eigenvalue weighted by molar-refractivity contribution is 5.90. The Bertz CT molecular complexity index is 802. The van der Waals surface area contributed by atoms with Crippen molar-refractivity contribution in [2.45, 2.75) is 33.6 Å². The zero-order valence-electron chi connectivity index (χ0n) is 14.9. The second-order valence-corrected chi connectivity index (χ2v) is 6.09. The van der Waals surface area contributed by atoms with Crippen LogP contribution in [0.25, 0.3) is 10.9 Å². The zero-order chi connectivity index (χ0) is 17.7. The fourth-order valence-corrected chi connectivity index (χ4v) is 2.38. The summed E-state index contributed by atoms with van der Waals surface area (Å²) in [6, 6.07) is 5.45. The highest BCUT2D eigenvalue weighted by Crippen LogP contribution is 2.33. The molecule has 1 heterocycles. The Kier molecular flexibility index (Phi) is 5.90. The van der Waals surface area contributed by atoms with Crippen molar-refractivity contribution in [2.24, 2.45) is 7.05 Å². The van der Waals surface area contributed by atoms with Crippen LogP contribution in [0.4, 0.5) is 5.69 Å². The molecule has 24 heavy (non-hydrogen) atoms. The number of pyridine rings is 1. The number of aryl methyl sites for hydroxylation is 1. The monoisotopic (exact) mass is 330 g/mol. The Morgan fingerprint density at radius 3 is 2.67 bits per heavy atom. The van der Waals surface area contributed by atoms with Gasteiger partial charge in [-0.05, 0) is 44.5 Å². The summed E-state index contributed by atoms with van der Waals surface area (Å²) in [5.74, 6) is 0.757. The van der Waals surface area contributed by atoms with Crippen molar-refractivity contribution in [3.05, 3.63) is 40.2 Å². The van der Waals surface area contributed by atoms with E-state index in [4.69, 9.17) is 15.2 Å². The van der Waals surface area contributed by atoms with Gasteiger partial charge >= 0.3 is 0 Å². The summed E-state index contributed by atoms with van der Waals surface area (Å²) >= 11 is 0. The van der Waals surface area contributed by atoms with Crippen LogP contribution in [0.3, 0.4) is 0 Å². The molecule has 0 aliphatic carbocycles. The molecule has 0 aliphatic rings. The van der Waals surface area contributed by atoms with E-state index in [1.165, 1.54) is 0 Å². The molecule has 2 aromatic rings. The number of nitrogen functional groups attached to an aromatic ring is 1. The third-order valence-electron chi connectivity index (χ3n) is 3.80. The molecule has 5 nitrogen and oxygen atoms in total. The summed E-state index contributed by atoms with van der Waals surface area (Å²) < 4.78 is 13.2. The lowest BCUT2D eigenvalue weighted by Gasteiger charge is -2.16. The predicted octanol–water partition coefficient (Wildman–Crippen LogP) is 3.64.